The topological polar surface area (TPSA) is 46.2 Å². The first-order valence-corrected chi connectivity index (χ1v) is 9.40. The lowest BCUT2D eigenvalue weighted by molar-refractivity contribution is 0.603. The molecule has 1 aromatic carbocycles. The smallest absolute Gasteiger partial charge is 0.271 e. The van der Waals surface area contributed by atoms with Gasteiger partial charge in [0.05, 0.1) is 9.47 Å². The Balaban J connectivity index is 2.35. The standard InChI is InChI=1S/C14H16BrNO2S2/c1-3-10(2)11-6-4-5-7-12(11)16-20(17,18)14-9-8-13(15)19-14/h4-10,16H,3H2,1-2H3/t10-/m0/s1. The number of halogens is 1. The Morgan fingerprint density at radius 1 is 1.25 bits per heavy atom. The summed E-state index contributed by atoms with van der Waals surface area (Å²) in [5, 5.41) is 0. The van der Waals surface area contributed by atoms with Gasteiger partial charge in [-0.15, -0.1) is 11.3 Å². The molecular weight excluding hydrogens is 358 g/mol. The zero-order valence-corrected chi connectivity index (χ0v) is 14.5. The van der Waals surface area contributed by atoms with E-state index in [0.29, 0.717) is 15.8 Å². The van der Waals surface area contributed by atoms with Crippen molar-refractivity contribution < 1.29 is 8.42 Å². The lowest BCUT2D eigenvalue weighted by Gasteiger charge is -2.15. The van der Waals surface area contributed by atoms with Crippen LogP contribution in [0.3, 0.4) is 0 Å². The van der Waals surface area contributed by atoms with Crippen molar-refractivity contribution in [3.05, 3.63) is 45.7 Å². The number of benzene rings is 1. The summed E-state index contributed by atoms with van der Waals surface area (Å²) in [4.78, 5) is 0. The fourth-order valence-corrected chi connectivity index (χ4v) is 4.97. The van der Waals surface area contributed by atoms with Crippen LogP contribution in [0, 0.1) is 0 Å². The largest absolute Gasteiger partial charge is 0.279 e. The first-order valence-electron chi connectivity index (χ1n) is 6.31. The monoisotopic (exact) mass is 373 g/mol. The van der Waals surface area contributed by atoms with Crippen LogP contribution in [0.1, 0.15) is 31.7 Å². The summed E-state index contributed by atoms with van der Waals surface area (Å²) in [6, 6.07) is 10.9. The van der Waals surface area contributed by atoms with Gasteiger partial charge in [0, 0.05) is 0 Å². The maximum atomic E-state index is 12.4. The maximum absolute atomic E-state index is 12.4. The van der Waals surface area contributed by atoms with Crippen molar-refractivity contribution in [2.75, 3.05) is 4.72 Å². The van der Waals surface area contributed by atoms with Crippen LogP contribution in [0.4, 0.5) is 5.69 Å². The van der Waals surface area contributed by atoms with Crippen LogP contribution < -0.4 is 4.72 Å². The molecule has 0 aliphatic heterocycles. The highest BCUT2D eigenvalue weighted by Crippen LogP contribution is 2.31. The van der Waals surface area contributed by atoms with Crippen LogP contribution in [-0.2, 0) is 10.0 Å². The summed E-state index contributed by atoms with van der Waals surface area (Å²) in [6.07, 6.45) is 0.962. The van der Waals surface area contributed by atoms with Gasteiger partial charge in [0.2, 0.25) is 0 Å². The normalized spacial score (nSPS) is 13.2. The van der Waals surface area contributed by atoms with Gasteiger partial charge in [-0.25, -0.2) is 8.42 Å². The molecule has 0 amide bonds. The molecule has 0 aliphatic rings. The number of sulfonamides is 1. The van der Waals surface area contributed by atoms with E-state index in [2.05, 4.69) is 34.5 Å². The second kappa shape index (κ2) is 6.28. The van der Waals surface area contributed by atoms with Gasteiger partial charge in [-0.05, 0) is 52.0 Å². The van der Waals surface area contributed by atoms with Gasteiger partial charge in [0.25, 0.3) is 10.0 Å². The average Bonchev–Trinajstić information content (AvgIpc) is 2.86. The Kier molecular flexibility index (Phi) is 4.88. The Morgan fingerprint density at radius 3 is 2.55 bits per heavy atom. The van der Waals surface area contributed by atoms with Crippen molar-refractivity contribution in [1.82, 2.24) is 0 Å². The van der Waals surface area contributed by atoms with E-state index in [4.69, 9.17) is 0 Å². The van der Waals surface area contributed by atoms with E-state index in [9.17, 15) is 8.42 Å². The van der Waals surface area contributed by atoms with Crippen molar-refractivity contribution in [3.8, 4) is 0 Å². The molecule has 0 radical (unpaired) electrons. The first kappa shape index (κ1) is 15.5. The quantitative estimate of drug-likeness (QED) is 0.815. The summed E-state index contributed by atoms with van der Waals surface area (Å²) in [7, 11) is -3.52. The van der Waals surface area contributed by atoms with Crippen molar-refractivity contribution in [2.45, 2.75) is 30.4 Å². The van der Waals surface area contributed by atoms with Gasteiger partial charge in [0.15, 0.2) is 0 Å². The van der Waals surface area contributed by atoms with Crippen LogP contribution >= 0.6 is 27.3 Å². The van der Waals surface area contributed by atoms with E-state index < -0.39 is 10.0 Å². The van der Waals surface area contributed by atoms with Gasteiger partial charge < -0.3 is 0 Å². The van der Waals surface area contributed by atoms with Gasteiger partial charge in [-0.2, -0.15) is 0 Å². The van der Waals surface area contributed by atoms with Crippen molar-refractivity contribution in [2.24, 2.45) is 0 Å². The van der Waals surface area contributed by atoms with E-state index in [1.165, 1.54) is 11.3 Å². The highest BCUT2D eigenvalue weighted by atomic mass is 79.9. The highest BCUT2D eigenvalue weighted by molar-refractivity contribution is 9.11. The van der Waals surface area contributed by atoms with Crippen LogP contribution in [0.2, 0.25) is 0 Å². The number of hydrogen-bond acceptors (Lipinski definition) is 3. The van der Waals surface area contributed by atoms with Crippen molar-refractivity contribution >= 4 is 43.0 Å². The number of hydrogen-bond donors (Lipinski definition) is 1. The molecule has 108 valence electrons. The molecule has 2 aromatic rings. The van der Waals surface area contributed by atoms with Crippen LogP contribution in [0.5, 0.6) is 0 Å². The minimum Gasteiger partial charge on any atom is -0.279 e. The molecule has 1 N–H and O–H groups in total. The molecule has 1 atom stereocenters. The summed E-state index contributed by atoms with van der Waals surface area (Å²) >= 11 is 4.49. The Hall–Kier alpha value is -0.850. The molecule has 20 heavy (non-hydrogen) atoms. The Morgan fingerprint density at radius 2 is 1.95 bits per heavy atom. The Bertz CT molecular complexity index is 695. The van der Waals surface area contributed by atoms with Crippen LogP contribution in [0.15, 0.2) is 44.4 Å². The minimum atomic E-state index is -3.52. The lowest BCUT2D eigenvalue weighted by atomic mass is 9.97. The van der Waals surface area contributed by atoms with E-state index >= 15 is 0 Å². The predicted octanol–water partition coefficient (Wildman–Crippen LogP) is 4.82. The lowest BCUT2D eigenvalue weighted by Crippen LogP contribution is -2.13. The molecule has 2 rings (SSSR count). The molecule has 1 heterocycles. The molecule has 0 unspecified atom stereocenters. The van der Waals surface area contributed by atoms with Gasteiger partial charge >= 0.3 is 0 Å². The zero-order chi connectivity index (χ0) is 14.8. The number of thiophene rings is 1. The number of para-hydroxylation sites is 1. The SMILES string of the molecule is CC[C@H](C)c1ccccc1NS(=O)(=O)c1ccc(Br)s1. The van der Waals surface area contributed by atoms with Gasteiger partial charge in [0.1, 0.15) is 4.21 Å². The van der Waals surface area contributed by atoms with Crippen molar-refractivity contribution in [1.29, 1.82) is 0 Å². The van der Waals surface area contributed by atoms with E-state index in [-0.39, 0.29) is 0 Å². The minimum absolute atomic E-state index is 0.309. The maximum Gasteiger partial charge on any atom is 0.271 e. The first-order chi connectivity index (χ1) is 9.44. The predicted molar refractivity (Wildman–Crippen MR) is 88.0 cm³/mol. The van der Waals surface area contributed by atoms with Crippen molar-refractivity contribution in [3.63, 3.8) is 0 Å². The van der Waals surface area contributed by atoms with E-state index in [1.54, 1.807) is 12.1 Å². The summed E-state index contributed by atoms with van der Waals surface area (Å²) in [5.74, 6) is 0.309. The zero-order valence-electron chi connectivity index (χ0n) is 11.3. The molecule has 0 fully saturated rings. The molecule has 0 aliphatic carbocycles. The summed E-state index contributed by atoms with van der Waals surface area (Å²) < 4.78 is 28.5. The fourth-order valence-electron chi connectivity index (χ4n) is 1.88. The molecule has 1 aromatic heterocycles. The van der Waals surface area contributed by atoms with E-state index in [1.807, 2.05) is 24.3 Å². The van der Waals surface area contributed by atoms with Crippen LogP contribution in [0.25, 0.3) is 0 Å². The third-order valence-corrected chi connectivity index (χ3v) is 6.64. The van der Waals surface area contributed by atoms with E-state index in [0.717, 1.165) is 15.8 Å². The molecule has 3 nitrogen and oxygen atoms in total. The molecule has 0 spiro atoms. The molecule has 0 saturated carbocycles. The molecule has 0 bridgehead atoms. The number of nitrogens with one attached hydrogen (secondary N) is 1. The average molecular weight is 374 g/mol. The molecule has 0 saturated heterocycles. The van der Waals surface area contributed by atoms with Crippen LogP contribution in [-0.4, -0.2) is 8.42 Å². The molecule has 6 heteroatoms. The fraction of sp³-hybridized carbons (Fsp3) is 0.286. The second-order valence-corrected chi connectivity index (χ2v) is 8.93. The highest BCUT2D eigenvalue weighted by Gasteiger charge is 2.19. The second-order valence-electron chi connectivity index (χ2n) is 4.56. The molecular formula is C14H16BrNO2S2. The summed E-state index contributed by atoms with van der Waals surface area (Å²) in [5.41, 5.74) is 1.68. The number of rotatable bonds is 5. The third kappa shape index (κ3) is 3.42. The Labute approximate surface area is 132 Å². The van der Waals surface area contributed by atoms with Gasteiger partial charge in [-0.3, -0.25) is 4.72 Å². The summed E-state index contributed by atoms with van der Waals surface area (Å²) in [6.45, 7) is 4.18. The van der Waals surface area contributed by atoms with Gasteiger partial charge in [-0.1, -0.05) is 32.0 Å². The number of anilines is 1. The third-order valence-electron chi connectivity index (χ3n) is 3.16.